The Bertz CT molecular complexity index is 1030. The van der Waals surface area contributed by atoms with Gasteiger partial charge in [0.05, 0.1) is 11.3 Å². The van der Waals surface area contributed by atoms with Crippen LogP contribution in [0.25, 0.3) is 0 Å². The topological polar surface area (TPSA) is 50.7 Å². The number of piperidine rings is 1. The molecule has 1 fully saturated rings. The average molecular weight is 399 g/mol. The minimum atomic E-state index is -0.426. The molecule has 3 aromatic rings. The van der Waals surface area contributed by atoms with E-state index in [1.54, 1.807) is 6.07 Å². The maximum absolute atomic E-state index is 12.5. The molecular formula is C26H26N2O2. The fourth-order valence-corrected chi connectivity index (χ4v) is 4.00. The number of oxime groups is 1. The number of carbonyl (C=O) groups excluding carboxylic acids is 1. The molecule has 1 heterocycles. The minimum Gasteiger partial charge on any atom is -0.313 e. The van der Waals surface area contributed by atoms with E-state index in [9.17, 15) is 4.79 Å². The van der Waals surface area contributed by atoms with Crippen molar-refractivity contribution in [1.82, 2.24) is 5.32 Å². The smallest absolute Gasteiger partial charge is 0.313 e. The van der Waals surface area contributed by atoms with Crippen molar-refractivity contribution in [2.75, 3.05) is 0 Å². The predicted molar refractivity (Wildman–Crippen MR) is 119 cm³/mol. The zero-order chi connectivity index (χ0) is 20.9. The summed E-state index contributed by atoms with van der Waals surface area (Å²) in [4.78, 5) is 17.9. The summed E-state index contributed by atoms with van der Waals surface area (Å²) in [6.07, 6.45) is 0.690. The lowest BCUT2D eigenvalue weighted by Gasteiger charge is -2.37. The number of aryl methyl sites for hydroxylation is 1. The van der Waals surface area contributed by atoms with Crippen molar-refractivity contribution in [2.45, 2.75) is 32.4 Å². The molecule has 3 atom stereocenters. The Kier molecular flexibility index (Phi) is 6.05. The van der Waals surface area contributed by atoms with Gasteiger partial charge in [0.25, 0.3) is 0 Å². The van der Waals surface area contributed by atoms with Crippen LogP contribution in [0, 0.1) is 12.8 Å². The molecular weight excluding hydrogens is 372 g/mol. The van der Waals surface area contributed by atoms with E-state index in [1.165, 1.54) is 11.1 Å². The number of benzene rings is 3. The van der Waals surface area contributed by atoms with Crippen LogP contribution >= 0.6 is 0 Å². The summed E-state index contributed by atoms with van der Waals surface area (Å²) >= 11 is 0. The molecule has 1 aliphatic heterocycles. The molecule has 152 valence electrons. The molecule has 0 spiro atoms. The van der Waals surface area contributed by atoms with Crippen molar-refractivity contribution in [3.05, 3.63) is 107 Å². The third kappa shape index (κ3) is 4.50. The molecule has 4 heteroatoms. The number of hydrogen-bond donors (Lipinski definition) is 1. The Morgan fingerprint density at radius 2 is 1.60 bits per heavy atom. The van der Waals surface area contributed by atoms with Crippen LogP contribution in [-0.4, -0.2) is 11.7 Å². The molecule has 4 nitrogen and oxygen atoms in total. The van der Waals surface area contributed by atoms with Crippen LogP contribution < -0.4 is 5.32 Å². The monoisotopic (exact) mass is 398 g/mol. The van der Waals surface area contributed by atoms with Crippen LogP contribution in [0.2, 0.25) is 0 Å². The number of hydrogen-bond acceptors (Lipinski definition) is 4. The average Bonchev–Trinajstić information content (AvgIpc) is 2.79. The molecule has 1 N–H and O–H groups in total. The molecule has 1 saturated heterocycles. The van der Waals surface area contributed by atoms with Crippen molar-refractivity contribution in [2.24, 2.45) is 11.1 Å². The van der Waals surface area contributed by atoms with Gasteiger partial charge in [-0.25, -0.2) is 4.79 Å². The molecule has 0 aromatic heterocycles. The number of nitrogens with zero attached hydrogens (tertiary/aromatic N) is 1. The zero-order valence-electron chi connectivity index (χ0n) is 17.3. The van der Waals surface area contributed by atoms with Crippen LogP contribution in [0.1, 0.15) is 52.5 Å². The summed E-state index contributed by atoms with van der Waals surface area (Å²) in [6.45, 7) is 4.08. The van der Waals surface area contributed by atoms with Gasteiger partial charge < -0.3 is 10.2 Å². The fraction of sp³-hybridized carbons (Fsp3) is 0.231. The summed E-state index contributed by atoms with van der Waals surface area (Å²) < 4.78 is 0. The quantitative estimate of drug-likeness (QED) is 0.458. The first-order valence-corrected chi connectivity index (χ1v) is 10.3. The second kappa shape index (κ2) is 9.06. The van der Waals surface area contributed by atoms with Crippen molar-refractivity contribution >= 4 is 11.7 Å². The van der Waals surface area contributed by atoms with E-state index in [0.717, 1.165) is 11.3 Å². The Balaban J connectivity index is 1.61. The van der Waals surface area contributed by atoms with Gasteiger partial charge in [0.1, 0.15) is 0 Å². The van der Waals surface area contributed by atoms with E-state index in [2.05, 4.69) is 41.7 Å². The standard InChI is InChI=1S/C26H26N2O2/c1-18-10-9-15-22(16-18)26(29)30-28-23-17-24(20-11-5-3-6-12-20)27-25(19(23)2)21-13-7-4-8-14-21/h3-16,19,24-25,27H,17H2,1-2H3/b28-23+/t19-,24+,25-/m0/s1. The normalized spacial score (nSPS) is 22.6. The van der Waals surface area contributed by atoms with Crippen LogP contribution in [0.4, 0.5) is 0 Å². The Labute approximate surface area is 177 Å². The van der Waals surface area contributed by atoms with E-state index in [1.807, 2.05) is 61.5 Å². The third-order valence-electron chi connectivity index (χ3n) is 5.68. The summed E-state index contributed by atoms with van der Waals surface area (Å²) in [6, 6.07) is 28.2. The van der Waals surface area contributed by atoms with Gasteiger partial charge in [-0.15, -0.1) is 0 Å². The van der Waals surface area contributed by atoms with Crippen molar-refractivity contribution in [1.29, 1.82) is 0 Å². The third-order valence-corrected chi connectivity index (χ3v) is 5.68. The molecule has 0 aliphatic carbocycles. The first-order chi connectivity index (χ1) is 14.6. The molecule has 4 rings (SSSR count). The van der Waals surface area contributed by atoms with E-state index in [4.69, 9.17) is 4.84 Å². The van der Waals surface area contributed by atoms with E-state index in [-0.39, 0.29) is 18.0 Å². The van der Waals surface area contributed by atoms with Gasteiger partial charge in [-0.2, -0.15) is 0 Å². The van der Waals surface area contributed by atoms with Gasteiger partial charge in [-0.3, -0.25) is 0 Å². The minimum absolute atomic E-state index is 0.0848. The second-order valence-corrected chi connectivity index (χ2v) is 7.84. The van der Waals surface area contributed by atoms with Crippen LogP contribution in [0.3, 0.4) is 0 Å². The van der Waals surface area contributed by atoms with Crippen molar-refractivity contribution < 1.29 is 9.63 Å². The summed E-state index contributed by atoms with van der Waals surface area (Å²) in [5.74, 6) is -0.331. The molecule has 0 bridgehead atoms. The van der Waals surface area contributed by atoms with Crippen LogP contribution in [-0.2, 0) is 4.84 Å². The van der Waals surface area contributed by atoms with Gasteiger partial charge >= 0.3 is 5.97 Å². The highest BCUT2D eigenvalue weighted by Gasteiger charge is 2.34. The van der Waals surface area contributed by atoms with Gasteiger partial charge in [0.2, 0.25) is 0 Å². The number of rotatable bonds is 4. The maximum atomic E-state index is 12.5. The van der Waals surface area contributed by atoms with Gasteiger partial charge in [0, 0.05) is 24.4 Å². The first-order valence-electron chi connectivity index (χ1n) is 10.3. The molecule has 0 radical (unpaired) electrons. The largest absolute Gasteiger partial charge is 0.365 e. The van der Waals surface area contributed by atoms with Crippen molar-refractivity contribution in [3.8, 4) is 0 Å². The van der Waals surface area contributed by atoms with E-state index >= 15 is 0 Å². The molecule has 0 unspecified atom stereocenters. The Morgan fingerprint density at radius 1 is 0.933 bits per heavy atom. The SMILES string of the molecule is Cc1cccc(C(=O)O/N=C2\C[C@H](c3ccccc3)N[C@H](c3ccccc3)[C@H]2C)c1. The molecule has 0 saturated carbocycles. The first kappa shape index (κ1) is 20.0. The fourth-order valence-electron chi connectivity index (χ4n) is 4.00. The second-order valence-electron chi connectivity index (χ2n) is 7.84. The van der Waals surface area contributed by atoms with Gasteiger partial charge in [-0.05, 0) is 30.2 Å². The number of nitrogens with one attached hydrogen (secondary N) is 1. The summed E-state index contributed by atoms with van der Waals surface area (Å²) in [7, 11) is 0. The molecule has 3 aromatic carbocycles. The molecule has 1 aliphatic rings. The maximum Gasteiger partial charge on any atom is 0.365 e. The summed E-state index contributed by atoms with van der Waals surface area (Å²) in [5, 5.41) is 8.12. The Hall–Kier alpha value is -3.24. The lowest BCUT2D eigenvalue weighted by molar-refractivity contribution is 0.0510. The molecule has 30 heavy (non-hydrogen) atoms. The van der Waals surface area contributed by atoms with Crippen molar-refractivity contribution in [3.63, 3.8) is 0 Å². The zero-order valence-corrected chi connectivity index (χ0v) is 17.3. The van der Waals surface area contributed by atoms with Gasteiger partial charge in [-0.1, -0.05) is 90.4 Å². The lowest BCUT2D eigenvalue weighted by Crippen LogP contribution is -2.41. The summed E-state index contributed by atoms with van der Waals surface area (Å²) in [5.41, 5.74) is 4.81. The highest BCUT2D eigenvalue weighted by atomic mass is 16.7. The van der Waals surface area contributed by atoms with Crippen LogP contribution in [0.5, 0.6) is 0 Å². The molecule has 0 amide bonds. The highest BCUT2D eigenvalue weighted by molar-refractivity contribution is 5.92. The van der Waals surface area contributed by atoms with Crippen LogP contribution in [0.15, 0.2) is 90.1 Å². The Morgan fingerprint density at radius 3 is 2.27 bits per heavy atom. The van der Waals surface area contributed by atoms with Gasteiger partial charge in [0.15, 0.2) is 0 Å². The van der Waals surface area contributed by atoms with E-state index < -0.39 is 5.97 Å². The highest BCUT2D eigenvalue weighted by Crippen LogP contribution is 2.35. The lowest BCUT2D eigenvalue weighted by atomic mass is 9.81. The van der Waals surface area contributed by atoms with E-state index in [0.29, 0.717) is 12.0 Å². The number of carbonyl (C=O) groups is 1. The predicted octanol–water partition coefficient (Wildman–Crippen LogP) is 5.62.